The number of hydrogen-bond acceptors (Lipinski definition) is 10. The summed E-state index contributed by atoms with van der Waals surface area (Å²) in [7, 11) is 0. The first kappa shape index (κ1) is 36.2. The maximum absolute atomic E-state index is 12.8. The van der Waals surface area contributed by atoms with Crippen LogP contribution in [0.5, 0.6) is 0 Å². The third kappa shape index (κ3) is 7.89. The first-order chi connectivity index (χ1) is 26.7. The van der Waals surface area contributed by atoms with Crippen LogP contribution in [0.1, 0.15) is 56.2 Å². The van der Waals surface area contributed by atoms with Crippen LogP contribution < -0.4 is 20.9 Å². The van der Waals surface area contributed by atoms with Crippen LogP contribution in [-0.2, 0) is 25.6 Å². The zero-order chi connectivity index (χ0) is 37.9. The molecule has 13 heteroatoms. The molecule has 0 unspecified atom stereocenters. The van der Waals surface area contributed by atoms with Gasteiger partial charge in [-0.2, -0.15) is 9.97 Å². The number of fused-ring (bicyclic) bond motifs is 2. The van der Waals surface area contributed by atoms with Crippen LogP contribution >= 0.6 is 0 Å². The Kier molecular flexibility index (Phi) is 10.2. The fraction of sp³-hybridized carbons (Fsp3) is 0.357. The fourth-order valence-electron chi connectivity index (χ4n) is 7.61. The summed E-state index contributed by atoms with van der Waals surface area (Å²) in [5.74, 6) is 0.201. The van der Waals surface area contributed by atoms with E-state index in [-0.39, 0.29) is 24.5 Å². The second-order valence-electron chi connectivity index (χ2n) is 14.6. The van der Waals surface area contributed by atoms with E-state index in [1.54, 1.807) is 6.33 Å². The lowest BCUT2D eigenvalue weighted by Crippen LogP contribution is -2.43. The van der Waals surface area contributed by atoms with E-state index in [0.717, 1.165) is 11.3 Å². The molecule has 2 fully saturated rings. The number of benzene rings is 3. The number of anilines is 2. The number of rotatable bonds is 12. The molecule has 3 N–H and O–H groups in total. The van der Waals surface area contributed by atoms with E-state index in [4.69, 9.17) is 29.2 Å². The average molecular weight is 743 g/mol. The highest BCUT2D eigenvalue weighted by atomic mass is 16.8. The molecule has 2 saturated heterocycles. The van der Waals surface area contributed by atoms with Gasteiger partial charge >= 0.3 is 6.09 Å². The molecule has 55 heavy (non-hydrogen) atoms. The van der Waals surface area contributed by atoms with Crippen LogP contribution in [0, 0.1) is 0 Å². The molecule has 3 aromatic carbocycles. The van der Waals surface area contributed by atoms with Crippen molar-refractivity contribution in [2.75, 3.05) is 29.9 Å². The van der Waals surface area contributed by atoms with Crippen molar-refractivity contribution in [3.63, 3.8) is 0 Å². The molecule has 2 aliphatic heterocycles. The van der Waals surface area contributed by atoms with Crippen molar-refractivity contribution in [1.29, 1.82) is 0 Å². The molecule has 284 valence electrons. The zero-order valence-corrected chi connectivity index (χ0v) is 31.2. The normalized spacial score (nSPS) is 21.4. The molecule has 1 aliphatic carbocycles. The van der Waals surface area contributed by atoms with Crippen LogP contribution in [0.15, 0.2) is 103 Å². The van der Waals surface area contributed by atoms with Gasteiger partial charge in [0.05, 0.1) is 17.8 Å². The van der Waals surface area contributed by atoms with Crippen molar-refractivity contribution < 1.29 is 23.8 Å². The third-order valence-corrected chi connectivity index (χ3v) is 10.3. The van der Waals surface area contributed by atoms with E-state index in [1.165, 1.54) is 11.1 Å². The predicted molar refractivity (Wildman–Crippen MR) is 209 cm³/mol. The number of carbonyl (C=O) groups excluding carboxylic acids is 2. The molecule has 0 spiro atoms. The molecular formula is C42H46N8O5. The minimum Gasteiger partial charge on any atom is -0.445 e. The molecular weight excluding hydrogens is 697 g/mol. The zero-order valence-electron chi connectivity index (χ0n) is 31.2. The highest BCUT2D eigenvalue weighted by Crippen LogP contribution is 2.41. The summed E-state index contributed by atoms with van der Waals surface area (Å²) in [6.45, 7) is 7.45. The smallest absolute Gasteiger partial charge is 0.407 e. The maximum atomic E-state index is 12.8. The monoisotopic (exact) mass is 742 g/mol. The van der Waals surface area contributed by atoms with Gasteiger partial charge in [0.2, 0.25) is 11.9 Å². The van der Waals surface area contributed by atoms with E-state index in [2.05, 4.69) is 69.4 Å². The van der Waals surface area contributed by atoms with Gasteiger partial charge in [-0.1, -0.05) is 97.9 Å². The van der Waals surface area contributed by atoms with Crippen molar-refractivity contribution in [3.8, 4) is 0 Å². The summed E-state index contributed by atoms with van der Waals surface area (Å²) >= 11 is 0. The molecule has 0 saturated carbocycles. The topological polar surface area (TPSA) is 145 Å². The fourth-order valence-corrected chi connectivity index (χ4v) is 7.61. The number of nitrogens with zero attached hydrogens (tertiary/aromatic N) is 5. The van der Waals surface area contributed by atoms with Crippen molar-refractivity contribution in [2.24, 2.45) is 0 Å². The van der Waals surface area contributed by atoms with E-state index < -0.39 is 30.1 Å². The second-order valence-corrected chi connectivity index (χ2v) is 14.6. The van der Waals surface area contributed by atoms with Gasteiger partial charge in [0.15, 0.2) is 22.8 Å². The van der Waals surface area contributed by atoms with Crippen molar-refractivity contribution in [1.82, 2.24) is 30.2 Å². The largest absolute Gasteiger partial charge is 0.445 e. The Labute approximate surface area is 320 Å². The summed E-state index contributed by atoms with van der Waals surface area (Å²) in [5.41, 5.74) is 5.23. The third-order valence-electron chi connectivity index (χ3n) is 10.3. The van der Waals surface area contributed by atoms with Crippen LogP contribution in [0.4, 0.5) is 16.6 Å². The Morgan fingerprint density at radius 3 is 2.31 bits per heavy atom. The quantitative estimate of drug-likeness (QED) is 0.143. The van der Waals surface area contributed by atoms with Crippen molar-refractivity contribution in [2.45, 2.75) is 76.2 Å². The molecule has 13 nitrogen and oxygen atoms in total. The minimum atomic E-state index is -0.850. The number of nitrogens with one attached hydrogen (secondary N) is 3. The molecule has 2 aromatic heterocycles. The van der Waals surface area contributed by atoms with Crippen molar-refractivity contribution in [3.05, 3.63) is 120 Å². The number of hydrogen-bond donors (Lipinski definition) is 3. The van der Waals surface area contributed by atoms with Gasteiger partial charge in [-0.25, -0.2) is 9.78 Å². The molecule has 4 atom stereocenters. The lowest BCUT2D eigenvalue weighted by Gasteiger charge is -2.22. The minimum absolute atomic E-state index is 0.0349. The van der Waals surface area contributed by atoms with Crippen LogP contribution in [0.2, 0.25) is 0 Å². The van der Waals surface area contributed by atoms with E-state index >= 15 is 0 Å². The molecule has 0 bridgehead atoms. The molecule has 4 heterocycles. The predicted octanol–water partition coefficient (Wildman–Crippen LogP) is 5.84. The van der Waals surface area contributed by atoms with Crippen molar-refractivity contribution >= 4 is 40.6 Å². The Morgan fingerprint density at radius 1 is 0.927 bits per heavy atom. The number of aromatic nitrogens is 4. The number of amides is 2. The summed E-state index contributed by atoms with van der Waals surface area (Å²) in [4.78, 5) is 42.5. The molecule has 8 rings (SSSR count). The Balaban J connectivity index is 1.11. The van der Waals surface area contributed by atoms with E-state index in [0.29, 0.717) is 55.4 Å². The van der Waals surface area contributed by atoms with Gasteiger partial charge < -0.3 is 35.1 Å². The first-order valence-electron chi connectivity index (χ1n) is 18.9. The summed E-state index contributed by atoms with van der Waals surface area (Å²) in [6.07, 6.45) is 3.42. The molecule has 5 aromatic rings. The highest BCUT2D eigenvalue weighted by Gasteiger charge is 2.51. The van der Waals surface area contributed by atoms with E-state index in [1.807, 2.05) is 73.9 Å². The van der Waals surface area contributed by atoms with Gasteiger partial charge in [-0.3, -0.25) is 9.36 Å². The lowest BCUT2D eigenvalue weighted by atomic mass is 9.91. The Morgan fingerprint density at radius 2 is 1.62 bits per heavy atom. The lowest BCUT2D eigenvalue weighted by molar-refractivity contribution is -0.146. The molecule has 3 aliphatic rings. The Bertz CT molecular complexity index is 2120. The average Bonchev–Trinajstić information content (AvgIpc) is 3.99. The van der Waals surface area contributed by atoms with Gasteiger partial charge in [-0.15, -0.1) is 0 Å². The standard InChI is InChI=1S/C42H46N8O5/c1-4-34(51)46-32-22-33(37-36(32)54-42(2,3)55-37)50-26-44-35-38(43-23-31(28-16-10-6-11-17-28)29-18-12-7-13-19-29)47-40(48-39(35)50)49-21-20-30(24-49)45-41(52)53-25-27-14-8-5-9-15-27/h5-19,22,26,30-32,36-37H,4,20-21,23-25H2,1-3H3,(H,45,52)(H,46,51)(H,43,47,48)/t30-,32+,36-,37+/m1/s1. The second kappa shape index (κ2) is 15.5. The summed E-state index contributed by atoms with van der Waals surface area (Å²) in [5, 5.41) is 9.77. The van der Waals surface area contributed by atoms with Gasteiger partial charge in [0, 0.05) is 32.0 Å². The number of alkyl carbamates (subject to hydrolysis) is 1. The van der Waals surface area contributed by atoms with Gasteiger partial charge in [0.1, 0.15) is 25.1 Å². The molecule has 2 amide bonds. The van der Waals surface area contributed by atoms with Gasteiger partial charge in [0.25, 0.3) is 0 Å². The van der Waals surface area contributed by atoms with Crippen LogP contribution in [-0.4, -0.2) is 81.2 Å². The summed E-state index contributed by atoms with van der Waals surface area (Å²) in [6, 6.07) is 29.9. The highest BCUT2D eigenvalue weighted by molar-refractivity contribution is 5.87. The van der Waals surface area contributed by atoms with Crippen LogP contribution in [0.25, 0.3) is 16.9 Å². The first-order valence-corrected chi connectivity index (χ1v) is 18.9. The SMILES string of the molecule is CCC(=O)N[C@H]1C=C(n2cnc3c(NCC(c4ccccc4)c4ccccc4)nc(N4CC[C@@H](NC(=O)OCc5ccccc5)C4)nc32)[C@@H]2OC(C)(C)O[C@H]12. The molecule has 0 radical (unpaired) electrons. The number of ether oxygens (including phenoxy) is 3. The Hall–Kier alpha value is -5.79. The summed E-state index contributed by atoms with van der Waals surface area (Å²) < 4.78 is 20.2. The maximum Gasteiger partial charge on any atom is 0.407 e. The van der Waals surface area contributed by atoms with E-state index in [9.17, 15) is 9.59 Å². The number of imidazole rings is 1. The number of carbonyl (C=O) groups is 2. The van der Waals surface area contributed by atoms with Gasteiger partial charge in [-0.05, 0) is 43.0 Å². The van der Waals surface area contributed by atoms with Crippen LogP contribution in [0.3, 0.4) is 0 Å².